The van der Waals surface area contributed by atoms with Crippen LogP contribution in [-0.4, -0.2) is 48.4 Å². The lowest BCUT2D eigenvalue weighted by molar-refractivity contribution is -0.119. The van der Waals surface area contributed by atoms with E-state index >= 15 is 0 Å². The van der Waals surface area contributed by atoms with Crippen LogP contribution in [0.4, 0.5) is 16.2 Å². The molecule has 0 saturated carbocycles. The molecule has 2 aromatic carbocycles. The van der Waals surface area contributed by atoms with Gasteiger partial charge in [0.1, 0.15) is 0 Å². The zero-order chi connectivity index (χ0) is 16.5. The molecule has 0 bridgehead atoms. The van der Waals surface area contributed by atoms with E-state index in [1.807, 2.05) is 53.4 Å². The number of hydrogen-bond acceptors (Lipinski definition) is 3. The monoisotopic (exact) mass is 339 g/mol. The zero-order valence-corrected chi connectivity index (χ0v) is 13.9. The Bertz CT molecular complexity index is 742. The highest BCUT2D eigenvalue weighted by Crippen LogP contribution is 2.48. The maximum atomic E-state index is 13.2. The zero-order valence-electron chi connectivity index (χ0n) is 13.1. The first-order chi connectivity index (χ1) is 11.8. The van der Waals surface area contributed by atoms with E-state index in [9.17, 15) is 9.59 Å². The average molecular weight is 339 g/mol. The predicted molar refractivity (Wildman–Crippen MR) is 93.8 cm³/mol. The van der Waals surface area contributed by atoms with Gasteiger partial charge in [0.2, 0.25) is 6.41 Å². The summed E-state index contributed by atoms with van der Waals surface area (Å²) in [5.41, 5.74) is 1.84. The number of carbonyl (C=O) groups is 2. The van der Waals surface area contributed by atoms with Gasteiger partial charge in [-0.05, 0) is 24.3 Å². The Morgan fingerprint density at radius 2 is 1.42 bits per heavy atom. The SMILES string of the molecule is O=CN1CCN(C(=O)N2c3ccccc3Sc3ccccc32)CC1. The molecule has 0 aromatic heterocycles. The maximum absolute atomic E-state index is 13.2. The Morgan fingerprint density at radius 1 is 0.875 bits per heavy atom. The number of benzene rings is 2. The normalized spacial score (nSPS) is 16.4. The van der Waals surface area contributed by atoms with Crippen molar-refractivity contribution in [1.29, 1.82) is 0 Å². The molecule has 0 N–H and O–H groups in total. The maximum Gasteiger partial charge on any atom is 0.329 e. The third-order valence-corrected chi connectivity index (χ3v) is 5.49. The van der Waals surface area contributed by atoms with Crippen LogP contribution in [0.1, 0.15) is 0 Å². The third kappa shape index (κ3) is 2.53. The van der Waals surface area contributed by atoms with Crippen molar-refractivity contribution < 1.29 is 9.59 Å². The summed E-state index contributed by atoms with van der Waals surface area (Å²) in [6.45, 7) is 2.29. The molecule has 2 aromatic rings. The van der Waals surface area contributed by atoms with Crippen molar-refractivity contribution in [2.45, 2.75) is 9.79 Å². The van der Waals surface area contributed by atoms with Crippen molar-refractivity contribution in [2.75, 3.05) is 31.1 Å². The van der Waals surface area contributed by atoms with Gasteiger partial charge in [-0.15, -0.1) is 0 Å². The molecule has 0 aliphatic carbocycles. The summed E-state index contributed by atoms with van der Waals surface area (Å²) in [5.74, 6) is 0. The molecule has 2 aliphatic rings. The molecule has 3 amide bonds. The van der Waals surface area contributed by atoms with Gasteiger partial charge >= 0.3 is 6.03 Å². The summed E-state index contributed by atoms with van der Waals surface area (Å²) in [7, 11) is 0. The fraction of sp³-hybridized carbons (Fsp3) is 0.222. The fourth-order valence-corrected chi connectivity index (χ4v) is 4.13. The number of rotatable bonds is 1. The molecule has 122 valence electrons. The van der Waals surface area contributed by atoms with Gasteiger partial charge in [-0.25, -0.2) is 4.79 Å². The number of amides is 3. The molecule has 5 nitrogen and oxygen atoms in total. The van der Waals surface area contributed by atoms with Gasteiger partial charge in [-0.2, -0.15) is 0 Å². The Balaban J connectivity index is 1.69. The van der Waals surface area contributed by atoms with Gasteiger partial charge in [-0.3, -0.25) is 9.69 Å². The molecule has 0 unspecified atom stereocenters. The quantitative estimate of drug-likeness (QED) is 0.750. The fourth-order valence-electron chi connectivity index (χ4n) is 3.07. The van der Waals surface area contributed by atoms with E-state index in [4.69, 9.17) is 0 Å². The van der Waals surface area contributed by atoms with Crippen LogP contribution in [0.3, 0.4) is 0 Å². The summed E-state index contributed by atoms with van der Waals surface area (Å²) >= 11 is 1.69. The van der Waals surface area contributed by atoms with E-state index in [2.05, 4.69) is 0 Å². The minimum absolute atomic E-state index is 0.0271. The molecule has 2 heterocycles. The number of urea groups is 1. The van der Waals surface area contributed by atoms with E-state index < -0.39 is 0 Å². The summed E-state index contributed by atoms with van der Waals surface area (Å²) in [6, 6.07) is 15.9. The van der Waals surface area contributed by atoms with Crippen LogP contribution in [-0.2, 0) is 4.79 Å². The topological polar surface area (TPSA) is 43.9 Å². The lowest BCUT2D eigenvalue weighted by Crippen LogP contribution is -2.52. The van der Waals surface area contributed by atoms with E-state index in [0.717, 1.165) is 27.6 Å². The average Bonchev–Trinajstić information content (AvgIpc) is 2.65. The number of piperazine rings is 1. The first kappa shape index (κ1) is 15.1. The van der Waals surface area contributed by atoms with Crippen LogP contribution in [0.15, 0.2) is 58.3 Å². The highest BCUT2D eigenvalue weighted by Gasteiger charge is 2.32. The predicted octanol–water partition coefficient (Wildman–Crippen LogP) is 3.18. The van der Waals surface area contributed by atoms with Gasteiger partial charge in [0.25, 0.3) is 0 Å². The molecular formula is C18H17N3O2S. The summed E-state index contributed by atoms with van der Waals surface area (Å²) in [4.78, 5) is 31.6. The van der Waals surface area contributed by atoms with Crippen LogP contribution in [0.5, 0.6) is 0 Å². The smallest absolute Gasteiger partial charge is 0.329 e. The van der Waals surface area contributed by atoms with Crippen LogP contribution in [0.25, 0.3) is 0 Å². The van der Waals surface area contributed by atoms with Gasteiger partial charge in [0.05, 0.1) is 11.4 Å². The van der Waals surface area contributed by atoms with Crippen LogP contribution >= 0.6 is 11.8 Å². The lowest BCUT2D eigenvalue weighted by Gasteiger charge is -2.38. The highest BCUT2D eigenvalue weighted by atomic mass is 32.2. The van der Waals surface area contributed by atoms with Crippen molar-refractivity contribution >= 4 is 35.6 Å². The second-order valence-electron chi connectivity index (χ2n) is 5.78. The molecular weight excluding hydrogens is 322 g/mol. The third-order valence-electron chi connectivity index (χ3n) is 4.36. The lowest BCUT2D eigenvalue weighted by atomic mass is 10.2. The van der Waals surface area contributed by atoms with E-state index in [1.165, 1.54) is 0 Å². The highest BCUT2D eigenvalue weighted by molar-refractivity contribution is 7.99. The number of hydrogen-bond donors (Lipinski definition) is 0. The summed E-state index contributed by atoms with van der Waals surface area (Å²) in [6.07, 6.45) is 0.851. The molecule has 1 saturated heterocycles. The Morgan fingerprint density at radius 3 is 1.96 bits per heavy atom. The molecule has 0 spiro atoms. The van der Waals surface area contributed by atoms with Crippen molar-refractivity contribution in [2.24, 2.45) is 0 Å². The van der Waals surface area contributed by atoms with Gasteiger partial charge in [0.15, 0.2) is 0 Å². The molecule has 24 heavy (non-hydrogen) atoms. The number of carbonyl (C=O) groups excluding carboxylic acids is 2. The van der Waals surface area contributed by atoms with Gasteiger partial charge in [-0.1, -0.05) is 36.0 Å². The van der Waals surface area contributed by atoms with Crippen molar-refractivity contribution in [1.82, 2.24) is 9.80 Å². The Hall–Kier alpha value is -2.47. The van der Waals surface area contributed by atoms with Crippen molar-refractivity contribution in [3.63, 3.8) is 0 Å². The van der Waals surface area contributed by atoms with Crippen LogP contribution in [0.2, 0.25) is 0 Å². The van der Waals surface area contributed by atoms with E-state index in [1.54, 1.807) is 21.6 Å². The second kappa shape index (κ2) is 6.20. The first-order valence-electron chi connectivity index (χ1n) is 7.92. The van der Waals surface area contributed by atoms with Gasteiger partial charge in [0, 0.05) is 36.0 Å². The molecule has 0 atom stereocenters. The van der Waals surface area contributed by atoms with Crippen molar-refractivity contribution in [3.8, 4) is 0 Å². The van der Waals surface area contributed by atoms with Gasteiger partial charge < -0.3 is 9.80 Å². The molecule has 4 rings (SSSR count). The minimum Gasteiger partial charge on any atom is -0.342 e. The Labute approximate surface area is 144 Å². The summed E-state index contributed by atoms with van der Waals surface area (Å²) < 4.78 is 0. The van der Waals surface area contributed by atoms with E-state index in [0.29, 0.717) is 26.2 Å². The van der Waals surface area contributed by atoms with Crippen LogP contribution in [0, 0.1) is 0 Å². The molecule has 2 aliphatic heterocycles. The molecule has 6 heteroatoms. The molecule has 1 fully saturated rings. The number of fused-ring (bicyclic) bond motifs is 2. The van der Waals surface area contributed by atoms with Crippen molar-refractivity contribution in [3.05, 3.63) is 48.5 Å². The summed E-state index contributed by atoms with van der Waals surface area (Å²) in [5, 5.41) is 0. The minimum atomic E-state index is -0.0271. The number of nitrogens with zero attached hydrogens (tertiary/aromatic N) is 3. The molecule has 0 radical (unpaired) electrons. The second-order valence-corrected chi connectivity index (χ2v) is 6.87. The van der Waals surface area contributed by atoms with E-state index in [-0.39, 0.29) is 6.03 Å². The van der Waals surface area contributed by atoms with Crippen LogP contribution < -0.4 is 4.90 Å². The number of anilines is 2. The first-order valence-corrected chi connectivity index (χ1v) is 8.74. The number of para-hydroxylation sites is 2. The largest absolute Gasteiger partial charge is 0.342 e. The Kier molecular flexibility index (Phi) is 3.90. The standard InChI is InChI=1S/C18H17N3O2S/c22-13-19-9-11-20(12-10-19)18(23)21-14-5-1-3-7-16(14)24-17-8-4-2-6-15(17)21/h1-8,13H,9-12H2.